The summed E-state index contributed by atoms with van der Waals surface area (Å²) >= 11 is 2.20. The lowest BCUT2D eigenvalue weighted by Gasteiger charge is -2.20. The molecule has 3 aromatic rings. The van der Waals surface area contributed by atoms with Crippen LogP contribution in [0.4, 0.5) is 0 Å². The number of hydrogen-bond acceptors (Lipinski definition) is 2. The van der Waals surface area contributed by atoms with Gasteiger partial charge in [-0.3, -0.25) is 4.79 Å². The van der Waals surface area contributed by atoms with Crippen molar-refractivity contribution in [1.82, 2.24) is 5.32 Å². The van der Waals surface area contributed by atoms with Crippen LogP contribution in [0.25, 0.3) is 0 Å². The Balaban J connectivity index is 1.74. The molecule has 3 aromatic carbocycles. The SMILES string of the molecule is Cc1ccc(C(NC(=O)COc2ccccc2I)c2ccccc2)cc1. The lowest BCUT2D eigenvalue weighted by atomic mass is 9.98. The van der Waals surface area contributed by atoms with E-state index < -0.39 is 0 Å². The highest BCUT2D eigenvalue weighted by Gasteiger charge is 2.17. The van der Waals surface area contributed by atoms with E-state index in [-0.39, 0.29) is 18.6 Å². The fraction of sp³-hybridized carbons (Fsp3) is 0.136. The van der Waals surface area contributed by atoms with E-state index in [1.165, 1.54) is 5.56 Å². The van der Waals surface area contributed by atoms with Gasteiger partial charge in [-0.05, 0) is 52.8 Å². The molecule has 3 nitrogen and oxygen atoms in total. The lowest BCUT2D eigenvalue weighted by molar-refractivity contribution is -0.123. The van der Waals surface area contributed by atoms with Crippen molar-refractivity contribution in [2.75, 3.05) is 6.61 Å². The Labute approximate surface area is 167 Å². The molecule has 0 heterocycles. The highest BCUT2D eigenvalue weighted by Crippen LogP contribution is 2.23. The van der Waals surface area contributed by atoms with Crippen LogP contribution in [0.1, 0.15) is 22.7 Å². The van der Waals surface area contributed by atoms with Crippen LogP contribution in [0.5, 0.6) is 5.75 Å². The number of para-hydroxylation sites is 1. The first-order valence-electron chi connectivity index (χ1n) is 8.41. The van der Waals surface area contributed by atoms with Crippen molar-refractivity contribution in [3.8, 4) is 5.75 Å². The average molecular weight is 457 g/mol. The van der Waals surface area contributed by atoms with E-state index in [0.717, 1.165) is 20.4 Å². The first kappa shape index (κ1) is 18.5. The lowest BCUT2D eigenvalue weighted by Crippen LogP contribution is -2.33. The van der Waals surface area contributed by atoms with E-state index in [2.05, 4.69) is 47.0 Å². The zero-order chi connectivity index (χ0) is 18.4. The number of ether oxygens (including phenoxy) is 1. The van der Waals surface area contributed by atoms with Crippen molar-refractivity contribution >= 4 is 28.5 Å². The average Bonchev–Trinajstić information content (AvgIpc) is 2.67. The summed E-state index contributed by atoms with van der Waals surface area (Å²) in [6.45, 7) is 2.03. The molecule has 0 radical (unpaired) electrons. The van der Waals surface area contributed by atoms with E-state index >= 15 is 0 Å². The summed E-state index contributed by atoms with van der Waals surface area (Å²) in [4.78, 5) is 12.5. The largest absolute Gasteiger partial charge is 0.483 e. The zero-order valence-corrected chi connectivity index (χ0v) is 16.6. The minimum Gasteiger partial charge on any atom is -0.483 e. The topological polar surface area (TPSA) is 38.3 Å². The monoisotopic (exact) mass is 457 g/mol. The second-order valence-electron chi connectivity index (χ2n) is 6.04. The van der Waals surface area contributed by atoms with Gasteiger partial charge in [0.15, 0.2) is 6.61 Å². The van der Waals surface area contributed by atoms with Crippen LogP contribution in [-0.2, 0) is 4.79 Å². The zero-order valence-electron chi connectivity index (χ0n) is 14.5. The minimum absolute atomic E-state index is 0.0186. The molecule has 0 spiro atoms. The van der Waals surface area contributed by atoms with E-state index in [1.807, 2.05) is 66.7 Å². The van der Waals surface area contributed by atoms with E-state index in [1.54, 1.807) is 0 Å². The van der Waals surface area contributed by atoms with Crippen LogP contribution in [0.15, 0.2) is 78.9 Å². The van der Waals surface area contributed by atoms with E-state index in [9.17, 15) is 4.79 Å². The molecule has 26 heavy (non-hydrogen) atoms. The van der Waals surface area contributed by atoms with E-state index in [4.69, 9.17) is 4.74 Å². The summed E-state index contributed by atoms with van der Waals surface area (Å²) in [5.74, 6) is 0.564. The summed E-state index contributed by atoms with van der Waals surface area (Å²) in [5, 5.41) is 3.09. The normalized spacial score (nSPS) is 11.6. The molecule has 1 unspecified atom stereocenters. The van der Waals surface area contributed by atoms with Crippen molar-refractivity contribution in [1.29, 1.82) is 0 Å². The Morgan fingerprint density at radius 2 is 1.54 bits per heavy atom. The van der Waals surface area contributed by atoms with Crippen molar-refractivity contribution in [3.05, 3.63) is 99.1 Å². The first-order chi connectivity index (χ1) is 12.6. The fourth-order valence-electron chi connectivity index (χ4n) is 2.67. The molecule has 1 amide bonds. The Kier molecular flexibility index (Phi) is 6.28. The Morgan fingerprint density at radius 3 is 2.23 bits per heavy atom. The molecule has 0 aliphatic carbocycles. The van der Waals surface area contributed by atoms with Crippen molar-refractivity contribution < 1.29 is 9.53 Å². The number of halogens is 1. The van der Waals surface area contributed by atoms with Crippen LogP contribution in [0, 0.1) is 10.5 Å². The van der Waals surface area contributed by atoms with Gasteiger partial charge >= 0.3 is 0 Å². The maximum absolute atomic E-state index is 12.5. The van der Waals surface area contributed by atoms with Crippen LogP contribution in [-0.4, -0.2) is 12.5 Å². The molecule has 0 bridgehead atoms. The molecule has 0 fully saturated rings. The molecule has 1 N–H and O–H groups in total. The number of nitrogens with one attached hydrogen (secondary N) is 1. The van der Waals surface area contributed by atoms with Gasteiger partial charge in [-0.15, -0.1) is 0 Å². The molecule has 4 heteroatoms. The molecule has 0 saturated carbocycles. The number of aryl methyl sites for hydroxylation is 1. The van der Waals surface area contributed by atoms with Gasteiger partial charge in [-0.25, -0.2) is 0 Å². The summed E-state index contributed by atoms with van der Waals surface area (Å²) in [7, 11) is 0. The second kappa shape index (κ2) is 8.85. The number of carbonyl (C=O) groups is 1. The predicted octanol–water partition coefficient (Wildman–Crippen LogP) is 4.88. The fourth-order valence-corrected chi connectivity index (χ4v) is 3.21. The van der Waals surface area contributed by atoms with Gasteiger partial charge in [0, 0.05) is 0 Å². The molecule has 0 aliphatic heterocycles. The molecule has 0 aromatic heterocycles. The van der Waals surface area contributed by atoms with Gasteiger partial charge in [-0.2, -0.15) is 0 Å². The van der Waals surface area contributed by atoms with E-state index in [0.29, 0.717) is 0 Å². The molecule has 132 valence electrons. The maximum atomic E-state index is 12.5. The maximum Gasteiger partial charge on any atom is 0.258 e. The van der Waals surface area contributed by atoms with Gasteiger partial charge in [0.25, 0.3) is 5.91 Å². The van der Waals surface area contributed by atoms with Gasteiger partial charge in [0.1, 0.15) is 5.75 Å². The summed E-state index contributed by atoms with van der Waals surface area (Å²) in [6, 6.07) is 25.6. The molecular weight excluding hydrogens is 437 g/mol. The van der Waals surface area contributed by atoms with Crippen molar-refractivity contribution in [2.24, 2.45) is 0 Å². The van der Waals surface area contributed by atoms with Gasteiger partial charge in [-0.1, -0.05) is 72.3 Å². The smallest absolute Gasteiger partial charge is 0.258 e. The second-order valence-corrected chi connectivity index (χ2v) is 7.20. The Hall–Kier alpha value is -2.34. The number of hydrogen-bond donors (Lipinski definition) is 1. The quantitative estimate of drug-likeness (QED) is 0.536. The summed E-state index contributed by atoms with van der Waals surface area (Å²) in [5.41, 5.74) is 3.28. The predicted molar refractivity (Wildman–Crippen MR) is 112 cm³/mol. The summed E-state index contributed by atoms with van der Waals surface area (Å²) < 4.78 is 6.65. The Morgan fingerprint density at radius 1 is 0.923 bits per heavy atom. The van der Waals surface area contributed by atoms with Crippen LogP contribution >= 0.6 is 22.6 Å². The molecule has 0 aliphatic rings. The first-order valence-corrected chi connectivity index (χ1v) is 9.49. The van der Waals surface area contributed by atoms with Gasteiger partial charge < -0.3 is 10.1 Å². The highest BCUT2D eigenvalue weighted by atomic mass is 127. The van der Waals surface area contributed by atoms with Crippen LogP contribution < -0.4 is 10.1 Å². The van der Waals surface area contributed by atoms with Gasteiger partial charge in [0.05, 0.1) is 9.61 Å². The third-order valence-corrected chi connectivity index (χ3v) is 4.94. The van der Waals surface area contributed by atoms with Crippen molar-refractivity contribution in [2.45, 2.75) is 13.0 Å². The van der Waals surface area contributed by atoms with Gasteiger partial charge in [0.2, 0.25) is 0 Å². The molecule has 3 rings (SSSR count). The standard InChI is InChI=1S/C22H20INO2/c1-16-11-13-18(14-12-16)22(17-7-3-2-4-8-17)24-21(25)15-26-20-10-6-5-9-19(20)23/h2-14,22H,15H2,1H3,(H,24,25). The molecule has 1 atom stereocenters. The number of amides is 1. The number of benzene rings is 3. The van der Waals surface area contributed by atoms with Crippen molar-refractivity contribution in [3.63, 3.8) is 0 Å². The van der Waals surface area contributed by atoms with Crippen LogP contribution in [0.3, 0.4) is 0 Å². The Bertz CT molecular complexity index is 863. The third kappa shape index (κ3) is 4.85. The number of carbonyl (C=O) groups excluding carboxylic acids is 1. The molecular formula is C22H20INO2. The third-order valence-electron chi connectivity index (χ3n) is 4.04. The highest BCUT2D eigenvalue weighted by molar-refractivity contribution is 14.1. The summed E-state index contributed by atoms with van der Waals surface area (Å²) in [6.07, 6.45) is 0. The minimum atomic E-state index is -0.206. The van der Waals surface area contributed by atoms with Crippen LogP contribution in [0.2, 0.25) is 0 Å². The number of rotatable bonds is 6. The molecule has 0 saturated heterocycles.